The van der Waals surface area contributed by atoms with Gasteiger partial charge in [-0.25, -0.2) is 4.98 Å². The van der Waals surface area contributed by atoms with Gasteiger partial charge in [0.1, 0.15) is 0 Å². The molecule has 0 bridgehead atoms. The van der Waals surface area contributed by atoms with E-state index in [1.807, 2.05) is 6.92 Å². The van der Waals surface area contributed by atoms with Crippen molar-refractivity contribution in [2.75, 3.05) is 0 Å². The molecule has 0 radical (unpaired) electrons. The smallest absolute Gasteiger partial charge is 0.279 e. The maximum atomic E-state index is 9.43. The zero-order valence-corrected chi connectivity index (χ0v) is 8.41. The summed E-state index contributed by atoms with van der Waals surface area (Å²) in [7, 11) is 0. The molecular weight excluding hydrogens is 198 g/mol. The minimum absolute atomic E-state index is 0.125. The number of phenolic OH excluding ortho intramolecular Hbond substituents is 1. The lowest BCUT2D eigenvalue weighted by Crippen LogP contribution is -1.82. The Kier molecular flexibility index (Phi) is 2.37. The molecule has 0 fully saturated rings. The molecule has 14 heavy (non-hydrogen) atoms. The van der Waals surface area contributed by atoms with Gasteiger partial charge >= 0.3 is 0 Å². The van der Waals surface area contributed by atoms with E-state index in [9.17, 15) is 5.11 Å². The minimum Gasteiger partial charge on any atom is -0.504 e. The first-order chi connectivity index (χ1) is 6.75. The third-order valence-electron chi connectivity index (χ3n) is 1.66. The summed E-state index contributed by atoms with van der Waals surface area (Å²) in [5.41, 5.74) is 0. The molecule has 0 spiro atoms. The van der Waals surface area contributed by atoms with Crippen LogP contribution in [0.15, 0.2) is 30.5 Å². The van der Waals surface area contributed by atoms with Crippen LogP contribution >= 0.6 is 11.3 Å². The van der Waals surface area contributed by atoms with Crippen LogP contribution in [0.1, 0.15) is 4.88 Å². The maximum Gasteiger partial charge on any atom is 0.279 e. The quantitative estimate of drug-likeness (QED) is 0.823. The number of aromatic hydroxyl groups is 1. The van der Waals surface area contributed by atoms with Gasteiger partial charge in [-0.3, -0.25) is 0 Å². The van der Waals surface area contributed by atoms with Gasteiger partial charge in [-0.1, -0.05) is 23.5 Å². The molecule has 2 rings (SSSR count). The molecule has 0 amide bonds. The highest BCUT2D eigenvalue weighted by Gasteiger charge is 2.04. The van der Waals surface area contributed by atoms with Crippen LogP contribution in [0.2, 0.25) is 0 Å². The molecule has 0 aliphatic carbocycles. The van der Waals surface area contributed by atoms with E-state index in [4.69, 9.17) is 4.74 Å². The lowest BCUT2D eigenvalue weighted by atomic mass is 10.3. The Labute approximate surface area is 85.6 Å². The number of benzene rings is 1. The molecule has 0 saturated heterocycles. The number of ether oxygens (including phenoxy) is 1. The van der Waals surface area contributed by atoms with E-state index >= 15 is 0 Å². The van der Waals surface area contributed by atoms with Crippen molar-refractivity contribution in [3.8, 4) is 16.7 Å². The van der Waals surface area contributed by atoms with Crippen LogP contribution < -0.4 is 4.74 Å². The van der Waals surface area contributed by atoms with Gasteiger partial charge in [0.2, 0.25) is 0 Å². The lowest BCUT2D eigenvalue weighted by molar-refractivity contribution is 0.410. The zero-order valence-electron chi connectivity index (χ0n) is 7.60. The second-order valence-electron chi connectivity index (χ2n) is 2.81. The number of thiazole rings is 1. The normalized spacial score (nSPS) is 10.1. The Bertz CT molecular complexity index is 439. The van der Waals surface area contributed by atoms with Gasteiger partial charge < -0.3 is 9.84 Å². The molecular formula is C10H9NO2S. The first-order valence-corrected chi connectivity index (χ1v) is 4.95. The van der Waals surface area contributed by atoms with Crippen molar-refractivity contribution < 1.29 is 9.84 Å². The predicted octanol–water partition coefficient (Wildman–Crippen LogP) is 2.95. The number of hydrogen-bond acceptors (Lipinski definition) is 4. The molecule has 0 unspecified atom stereocenters. The van der Waals surface area contributed by atoms with Gasteiger partial charge in [-0.15, -0.1) is 0 Å². The number of para-hydroxylation sites is 2. The number of aryl methyl sites for hydroxylation is 1. The van der Waals surface area contributed by atoms with Crippen molar-refractivity contribution in [1.82, 2.24) is 4.98 Å². The summed E-state index contributed by atoms with van der Waals surface area (Å²) in [6.45, 7) is 1.95. The van der Waals surface area contributed by atoms with Gasteiger partial charge in [0, 0.05) is 11.1 Å². The third-order valence-corrected chi connectivity index (χ3v) is 2.45. The monoisotopic (exact) mass is 207 g/mol. The lowest BCUT2D eigenvalue weighted by Gasteiger charge is -2.02. The Morgan fingerprint density at radius 1 is 1.36 bits per heavy atom. The fourth-order valence-electron chi connectivity index (χ4n) is 1.02. The van der Waals surface area contributed by atoms with Gasteiger partial charge in [0.25, 0.3) is 5.19 Å². The molecule has 1 aromatic carbocycles. The molecule has 4 heteroatoms. The number of aromatic nitrogens is 1. The molecule has 1 N–H and O–H groups in total. The third kappa shape index (κ3) is 1.85. The van der Waals surface area contributed by atoms with Crippen LogP contribution in [-0.4, -0.2) is 10.1 Å². The first kappa shape index (κ1) is 9.02. The fraction of sp³-hybridized carbons (Fsp3) is 0.100. The SMILES string of the molecule is Cc1cnc(Oc2ccccc2O)s1. The van der Waals surface area contributed by atoms with E-state index in [2.05, 4.69) is 4.98 Å². The number of rotatable bonds is 2. The maximum absolute atomic E-state index is 9.43. The highest BCUT2D eigenvalue weighted by molar-refractivity contribution is 7.13. The minimum atomic E-state index is 0.125. The van der Waals surface area contributed by atoms with Crippen molar-refractivity contribution in [2.45, 2.75) is 6.92 Å². The van der Waals surface area contributed by atoms with Crippen molar-refractivity contribution in [2.24, 2.45) is 0 Å². The fourth-order valence-corrected chi connectivity index (χ4v) is 1.64. The Hall–Kier alpha value is -1.55. The summed E-state index contributed by atoms with van der Waals surface area (Å²) in [5.74, 6) is 0.558. The molecule has 1 heterocycles. The van der Waals surface area contributed by atoms with Crippen LogP contribution in [0.4, 0.5) is 0 Å². The largest absolute Gasteiger partial charge is 0.504 e. The summed E-state index contributed by atoms with van der Waals surface area (Å²) in [4.78, 5) is 5.12. The summed E-state index contributed by atoms with van der Waals surface area (Å²) in [6, 6.07) is 6.83. The van der Waals surface area contributed by atoms with Crippen molar-refractivity contribution in [3.63, 3.8) is 0 Å². The predicted molar refractivity (Wildman–Crippen MR) is 55.0 cm³/mol. The van der Waals surface area contributed by atoms with Crippen molar-refractivity contribution >= 4 is 11.3 Å². The van der Waals surface area contributed by atoms with Gasteiger partial charge in [0.05, 0.1) is 0 Å². The number of nitrogens with zero attached hydrogens (tertiary/aromatic N) is 1. The van der Waals surface area contributed by atoms with E-state index < -0.39 is 0 Å². The highest BCUT2D eigenvalue weighted by Crippen LogP contribution is 2.31. The molecule has 0 atom stereocenters. The highest BCUT2D eigenvalue weighted by atomic mass is 32.1. The van der Waals surface area contributed by atoms with Crippen LogP contribution in [0.5, 0.6) is 16.7 Å². The van der Waals surface area contributed by atoms with E-state index in [-0.39, 0.29) is 5.75 Å². The second-order valence-corrected chi connectivity index (χ2v) is 4.00. The van der Waals surface area contributed by atoms with Gasteiger partial charge in [-0.05, 0) is 19.1 Å². The Morgan fingerprint density at radius 2 is 2.14 bits per heavy atom. The molecule has 1 aromatic heterocycles. The molecule has 72 valence electrons. The average Bonchev–Trinajstić information content (AvgIpc) is 2.56. The molecule has 3 nitrogen and oxygen atoms in total. The van der Waals surface area contributed by atoms with Crippen molar-refractivity contribution in [1.29, 1.82) is 0 Å². The first-order valence-electron chi connectivity index (χ1n) is 4.14. The van der Waals surface area contributed by atoms with Crippen LogP contribution in [-0.2, 0) is 0 Å². The van der Waals surface area contributed by atoms with E-state index in [0.717, 1.165) is 4.88 Å². The summed E-state index contributed by atoms with van der Waals surface area (Å²) >= 11 is 1.45. The topological polar surface area (TPSA) is 42.4 Å². The standard InChI is InChI=1S/C10H9NO2S/c1-7-6-11-10(14-7)13-9-5-3-2-4-8(9)12/h2-6,12H,1H3. The second kappa shape index (κ2) is 3.67. The van der Waals surface area contributed by atoms with Crippen LogP contribution in [0, 0.1) is 6.92 Å². The van der Waals surface area contributed by atoms with Crippen LogP contribution in [0.3, 0.4) is 0 Å². The van der Waals surface area contributed by atoms with E-state index in [1.54, 1.807) is 30.5 Å². The zero-order chi connectivity index (χ0) is 9.97. The molecule has 2 aromatic rings. The summed E-state index contributed by atoms with van der Waals surface area (Å²) < 4.78 is 5.39. The summed E-state index contributed by atoms with van der Waals surface area (Å²) in [5, 5.41) is 9.98. The summed E-state index contributed by atoms with van der Waals surface area (Å²) in [6.07, 6.45) is 1.74. The van der Waals surface area contributed by atoms with Gasteiger partial charge in [0.15, 0.2) is 11.5 Å². The van der Waals surface area contributed by atoms with Crippen LogP contribution in [0.25, 0.3) is 0 Å². The molecule has 0 aliphatic heterocycles. The van der Waals surface area contributed by atoms with Crippen molar-refractivity contribution in [3.05, 3.63) is 35.3 Å². The number of phenols is 1. The molecule has 0 aliphatic rings. The van der Waals surface area contributed by atoms with Gasteiger partial charge in [-0.2, -0.15) is 0 Å². The average molecular weight is 207 g/mol. The van der Waals surface area contributed by atoms with E-state index in [0.29, 0.717) is 10.9 Å². The Morgan fingerprint density at radius 3 is 2.79 bits per heavy atom. The van der Waals surface area contributed by atoms with E-state index in [1.165, 1.54) is 11.3 Å². The number of hydrogen-bond donors (Lipinski definition) is 1. The Balaban J connectivity index is 2.23. The molecule has 0 saturated carbocycles.